The van der Waals surface area contributed by atoms with E-state index in [1.807, 2.05) is 6.92 Å². The van der Waals surface area contributed by atoms with Crippen molar-refractivity contribution in [3.8, 4) is 0 Å². The quantitative estimate of drug-likeness (QED) is 0.667. The molecule has 0 aliphatic carbocycles. The molecule has 13 heavy (non-hydrogen) atoms. The van der Waals surface area contributed by atoms with Crippen molar-refractivity contribution in [1.29, 1.82) is 0 Å². The van der Waals surface area contributed by atoms with Crippen LogP contribution in [0.5, 0.6) is 0 Å². The SMILES string of the molecule is CC/C(N)=C(/C)C(=O)O.CCCC. The Morgan fingerprint density at radius 1 is 1.23 bits per heavy atom. The molecule has 78 valence electrons. The van der Waals surface area contributed by atoms with Gasteiger partial charge in [-0.3, -0.25) is 0 Å². The van der Waals surface area contributed by atoms with Crippen LogP contribution >= 0.6 is 0 Å². The topological polar surface area (TPSA) is 63.3 Å². The van der Waals surface area contributed by atoms with Gasteiger partial charge in [0.25, 0.3) is 0 Å². The molecule has 0 bridgehead atoms. The normalized spacial score (nSPS) is 11.1. The third-order valence-corrected chi connectivity index (χ3v) is 1.68. The van der Waals surface area contributed by atoms with E-state index in [9.17, 15) is 4.79 Å². The molecule has 0 heterocycles. The molecule has 3 heteroatoms. The lowest BCUT2D eigenvalue weighted by molar-refractivity contribution is -0.132. The maximum atomic E-state index is 10.2. The summed E-state index contributed by atoms with van der Waals surface area (Å²) in [5.74, 6) is -0.936. The molecule has 0 spiro atoms. The number of rotatable bonds is 3. The van der Waals surface area contributed by atoms with Crippen molar-refractivity contribution >= 4 is 5.97 Å². The molecule has 0 aromatic heterocycles. The molecule has 3 N–H and O–H groups in total. The summed E-state index contributed by atoms with van der Waals surface area (Å²) in [5.41, 5.74) is 6.01. The van der Waals surface area contributed by atoms with Crippen molar-refractivity contribution in [2.75, 3.05) is 0 Å². The van der Waals surface area contributed by atoms with Gasteiger partial charge in [0.1, 0.15) is 0 Å². The third kappa shape index (κ3) is 8.92. The lowest BCUT2D eigenvalue weighted by Gasteiger charge is -1.97. The van der Waals surface area contributed by atoms with Gasteiger partial charge in [0.2, 0.25) is 0 Å². The second kappa shape index (κ2) is 9.10. The minimum absolute atomic E-state index is 0.248. The van der Waals surface area contributed by atoms with E-state index in [1.165, 1.54) is 19.8 Å². The Morgan fingerprint density at radius 3 is 1.69 bits per heavy atom. The van der Waals surface area contributed by atoms with Crippen molar-refractivity contribution in [2.24, 2.45) is 5.73 Å². The molecule has 0 aromatic carbocycles. The van der Waals surface area contributed by atoms with Gasteiger partial charge in [0.05, 0.1) is 5.57 Å². The molecule has 0 aliphatic heterocycles. The molecular formula is C10H21NO2. The predicted octanol–water partition coefficient (Wildman–Crippen LogP) is 2.52. The molecule has 0 aliphatic rings. The van der Waals surface area contributed by atoms with E-state index in [0.29, 0.717) is 12.1 Å². The Morgan fingerprint density at radius 2 is 1.62 bits per heavy atom. The molecule has 0 saturated carbocycles. The highest BCUT2D eigenvalue weighted by Crippen LogP contribution is 2.00. The van der Waals surface area contributed by atoms with Crippen LogP contribution in [0.1, 0.15) is 47.0 Å². The van der Waals surface area contributed by atoms with Crippen molar-refractivity contribution < 1.29 is 9.90 Å². The largest absolute Gasteiger partial charge is 0.478 e. The monoisotopic (exact) mass is 187 g/mol. The van der Waals surface area contributed by atoms with Gasteiger partial charge in [-0.25, -0.2) is 4.79 Å². The zero-order chi connectivity index (χ0) is 10.9. The van der Waals surface area contributed by atoms with Gasteiger partial charge < -0.3 is 10.8 Å². The maximum Gasteiger partial charge on any atom is 0.333 e. The van der Waals surface area contributed by atoms with Crippen LogP contribution in [-0.4, -0.2) is 11.1 Å². The lowest BCUT2D eigenvalue weighted by Crippen LogP contribution is -2.06. The number of nitrogens with two attached hydrogens (primary N) is 1. The summed E-state index contributed by atoms with van der Waals surface area (Å²) < 4.78 is 0. The summed E-state index contributed by atoms with van der Waals surface area (Å²) in [7, 11) is 0. The van der Waals surface area contributed by atoms with Crippen molar-refractivity contribution in [2.45, 2.75) is 47.0 Å². The first kappa shape index (κ1) is 14.5. The first-order chi connectivity index (χ1) is 6.01. The van der Waals surface area contributed by atoms with Gasteiger partial charge in [0, 0.05) is 5.70 Å². The van der Waals surface area contributed by atoms with E-state index in [-0.39, 0.29) is 5.57 Å². The van der Waals surface area contributed by atoms with E-state index in [1.54, 1.807) is 0 Å². The summed E-state index contributed by atoms with van der Waals surface area (Å²) >= 11 is 0. The third-order valence-electron chi connectivity index (χ3n) is 1.68. The van der Waals surface area contributed by atoms with E-state index < -0.39 is 5.97 Å². The average Bonchev–Trinajstić information content (AvgIpc) is 2.15. The molecule has 3 nitrogen and oxygen atoms in total. The van der Waals surface area contributed by atoms with Crippen molar-refractivity contribution in [1.82, 2.24) is 0 Å². The molecule has 0 rings (SSSR count). The Balaban J connectivity index is 0. The van der Waals surface area contributed by atoms with E-state index in [4.69, 9.17) is 10.8 Å². The Kier molecular flexibility index (Phi) is 10.2. The van der Waals surface area contributed by atoms with Gasteiger partial charge in [-0.1, -0.05) is 33.6 Å². The standard InChI is InChI=1S/C6H11NO2.C4H10/c1-3-5(7)4(2)6(8)9;1-3-4-2/h3,7H2,1-2H3,(H,8,9);3-4H2,1-2H3/b5-4+;. The minimum atomic E-state index is -0.936. The number of unbranched alkanes of at least 4 members (excludes halogenated alkanes) is 1. The van der Waals surface area contributed by atoms with E-state index >= 15 is 0 Å². The first-order valence-corrected chi connectivity index (χ1v) is 4.69. The summed E-state index contributed by atoms with van der Waals surface area (Å²) in [6.07, 6.45) is 3.23. The highest BCUT2D eigenvalue weighted by Gasteiger charge is 2.02. The van der Waals surface area contributed by atoms with Gasteiger partial charge in [0.15, 0.2) is 0 Å². The lowest BCUT2D eigenvalue weighted by atomic mass is 10.2. The number of carbonyl (C=O) groups is 1. The number of aliphatic carboxylic acids is 1. The summed E-state index contributed by atoms with van der Waals surface area (Å²) in [4.78, 5) is 10.2. The average molecular weight is 187 g/mol. The Bertz CT molecular complexity index is 172. The fourth-order valence-electron chi connectivity index (χ4n) is 0.403. The summed E-state index contributed by atoms with van der Waals surface area (Å²) in [6.45, 7) is 7.68. The van der Waals surface area contributed by atoms with Crippen LogP contribution in [0.4, 0.5) is 0 Å². The number of carboxylic acids is 1. The highest BCUT2D eigenvalue weighted by atomic mass is 16.4. The fourth-order valence-corrected chi connectivity index (χ4v) is 0.403. The first-order valence-electron chi connectivity index (χ1n) is 4.69. The fraction of sp³-hybridized carbons (Fsp3) is 0.700. The number of hydrogen-bond donors (Lipinski definition) is 2. The minimum Gasteiger partial charge on any atom is -0.478 e. The van der Waals surface area contributed by atoms with E-state index in [2.05, 4.69) is 13.8 Å². The molecule has 0 atom stereocenters. The molecule has 0 amide bonds. The molecule has 0 aromatic rings. The second-order valence-corrected chi connectivity index (χ2v) is 2.81. The Labute approximate surface area is 80.6 Å². The van der Waals surface area contributed by atoms with Crippen LogP contribution in [0, 0.1) is 0 Å². The molecule has 0 radical (unpaired) electrons. The number of carboxylic acid groups (broad SMARTS) is 1. The Hall–Kier alpha value is -0.990. The zero-order valence-electron chi connectivity index (χ0n) is 9.05. The van der Waals surface area contributed by atoms with Gasteiger partial charge >= 0.3 is 5.97 Å². The van der Waals surface area contributed by atoms with Crippen LogP contribution < -0.4 is 5.73 Å². The maximum absolute atomic E-state index is 10.2. The van der Waals surface area contributed by atoms with Gasteiger partial charge in [-0.15, -0.1) is 0 Å². The van der Waals surface area contributed by atoms with Crippen LogP contribution in [0.25, 0.3) is 0 Å². The van der Waals surface area contributed by atoms with Gasteiger partial charge in [-0.2, -0.15) is 0 Å². The molecular weight excluding hydrogens is 166 g/mol. The predicted molar refractivity (Wildman–Crippen MR) is 55.4 cm³/mol. The molecule has 0 fully saturated rings. The molecule has 0 unspecified atom stereocenters. The van der Waals surface area contributed by atoms with Crippen LogP contribution in [0.15, 0.2) is 11.3 Å². The van der Waals surface area contributed by atoms with Crippen LogP contribution in [0.3, 0.4) is 0 Å². The smallest absolute Gasteiger partial charge is 0.333 e. The second-order valence-electron chi connectivity index (χ2n) is 2.81. The number of hydrogen-bond acceptors (Lipinski definition) is 2. The molecule has 0 saturated heterocycles. The van der Waals surface area contributed by atoms with Crippen molar-refractivity contribution in [3.05, 3.63) is 11.3 Å². The summed E-state index contributed by atoms with van der Waals surface area (Å²) in [6, 6.07) is 0. The zero-order valence-corrected chi connectivity index (χ0v) is 9.05. The highest BCUT2D eigenvalue weighted by molar-refractivity contribution is 5.86. The van der Waals surface area contributed by atoms with E-state index in [0.717, 1.165) is 0 Å². The van der Waals surface area contributed by atoms with Gasteiger partial charge in [-0.05, 0) is 13.3 Å². The number of allylic oxidation sites excluding steroid dienone is 1. The van der Waals surface area contributed by atoms with Crippen molar-refractivity contribution in [3.63, 3.8) is 0 Å². The van der Waals surface area contributed by atoms with Crippen LogP contribution in [-0.2, 0) is 4.79 Å². The summed E-state index contributed by atoms with van der Waals surface area (Å²) in [5, 5.41) is 8.35. The van der Waals surface area contributed by atoms with Crippen LogP contribution in [0.2, 0.25) is 0 Å².